The maximum atomic E-state index is 14.2. The molecule has 9 nitrogen and oxygen atoms in total. The molecule has 1 aromatic carbocycles. The van der Waals surface area contributed by atoms with Crippen LogP contribution >= 0.6 is 0 Å². The summed E-state index contributed by atoms with van der Waals surface area (Å²) < 4.78 is 11.9. The van der Waals surface area contributed by atoms with Crippen LogP contribution in [0.2, 0.25) is 0 Å². The van der Waals surface area contributed by atoms with Crippen LogP contribution in [-0.2, 0) is 9.59 Å². The Balaban J connectivity index is 1.39. The van der Waals surface area contributed by atoms with Crippen molar-refractivity contribution in [2.75, 3.05) is 26.8 Å². The Labute approximate surface area is 254 Å². The molecule has 7 atom stereocenters. The van der Waals surface area contributed by atoms with Crippen LogP contribution in [0.1, 0.15) is 87.1 Å². The standard InChI is InChI=1S/C34H46N2O7/c1-34(2)22-9-8-21(25(34)15-22)17-36(28(39)14-19-6-4-5-7-19)26-16-24(33(41)35-10-11-37)29-23-12-20(18-38)13-27(42-3)31(23)43-32(29)30(26)40/h12-13,16,18-19,21-22,25-26,29-30,32,37,40H,4-11,14-15,17H2,1-3H3,(H,35,41). The molecule has 1 aromatic rings. The Hall–Kier alpha value is -2.91. The third-order valence-corrected chi connectivity index (χ3v) is 11.5. The second kappa shape index (κ2) is 11.9. The predicted octanol–water partition coefficient (Wildman–Crippen LogP) is 3.61. The van der Waals surface area contributed by atoms with Crippen molar-refractivity contribution < 1.29 is 34.1 Å². The molecule has 7 unspecified atom stereocenters. The third-order valence-electron chi connectivity index (χ3n) is 11.5. The summed E-state index contributed by atoms with van der Waals surface area (Å²) in [5.74, 6) is 1.64. The number of benzene rings is 1. The molecule has 3 N–H and O–H groups in total. The van der Waals surface area contributed by atoms with Gasteiger partial charge < -0.3 is 29.9 Å². The fraction of sp³-hybridized carbons (Fsp3) is 0.676. The minimum absolute atomic E-state index is 0.0244. The monoisotopic (exact) mass is 594 g/mol. The van der Waals surface area contributed by atoms with Crippen LogP contribution in [0.15, 0.2) is 23.8 Å². The van der Waals surface area contributed by atoms with Crippen LogP contribution in [0, 0.1) is 29.1 Å². The maximum absolute atomic E-state index is 14.2. The number of carbonyl (C=O) groups excluding carboxylic acids is 3. The van der Waals surface area contributed by atoms with Gasteiger partial charge >= 0.3 is 0 Å². The van der Waals surface area contributed by atoms with E-state index in [1.54, 1.807) is 18.2 Å². The molecule has 2 bridgehead atoms. The number of hydrogen-bond acceptors (Lipinski definition) is 7. The Kier molecular flexibility index (Phi) is 8.33. The third kappa shape index (κ3) is 5.26. The lowest BCUT2D eigenvalue weighted by Gasteiger charge is -2.61. The van der Waals surface area contributed by atoms with Crippen LogP contribution in [0.5, 0.6) is 11.5 Å². The van der Waals surface area contributed by atoms with Gasteiger partial charge in [-0.05, 0) is 79.4 Å². The van der Waals surface area contributed by atoms with E-state index in [4.69, 9.17) is 9.47 Å². The molecule has 43 heavy (non-hydrogen) atoms. The molecule has 4 fully saturated rings. The van der Waals surface area contributed by atoms with Gasteiger partial charge in [-0.15, -0.1) is 0 Å². The Morgan fingerprint density at radius 2 is 1.95 bits per heavy atom. The first-order valence-electron chi connectivity index (χ1n) is 16.1. The number of nitrogens with zero attached hydrogens (tertiary/aromatic N) is 1. The molecule has 1 heterocycles. The van der Waals surface area contributed by atoms with Gasteiger partial charge in [0.05, 0.1) is 25.7 Å². The van der Waals surface area contributed by atoms with E-state index in [0.717, 1.165) is 44.4 Å². The number of carbonyl (C=O) groups is 3. The number of aldehydes is 1. The number of methoxy groups -OCH3 is 1. The zero-order chi connectivity index (χ0) is 30.5. The molecule has 0 spiro atoms. The molecule has 0 aromatic heterocycles. The summed E-state index contributed by atoms with van der Waals surface area (Å²) in [6.45, 7) is 5.07. The van der Waals surface area contributed by atoms with Gasteiger partial charge in [0.2, 0.25) is 11.8 Å². The quantitative estimate of drug-likeness (QED) is 0.354. The average molecular weight is 595 g/mol. The van der Waals surface area contributed by atoms with Crippen LogP contribution in [0.4, 0.5) is 0 Å². The highest BCUT2D eigenvalue weighted by Gasteiger charge is 2.56. The molecule has 4 saturated carbocycles. The lowest BCUT2D eigenvalue weighted by molar-refractivity contribution is -0.147. The van der Waals surface area contributed by atoms with E-state index in [1.807, 2.05) is 4.90 Å². The van der Waals surface area contributed by atoms with E-state index in [9.17, 15) is 24.6 Å². The highest BCUT2D eigenvalue weighted by molar-refractivity contribution is 5.96. The lowest BCUT2D eigenvalue weighted by atomic mass is 9.45. The fourth-order valence-corrected chi connectivity index (χ4v) is 8.96. The summed E-state index contributed by atoms with van der Waals surface area (Å²) in [7, 11) is 1.49. The SMILES string of the molecule is COc1cc(C=O)cc2c1OC1C2C(C(=O)NCCO)=CC(N(CC2CCC3CC2C3(C)C)C(=O)CC2CCCC2)C1O. The molecule has 234 valence electrons. The largest absolute Gasteiger partial charge is 0.493 e. The normalized spacial score (nSPS) is 32.0. The molecule has 2 amide bonds. The number of amides is 2. The summed E-state index contributed by atoms with van der Waals surface area (Å²) in [5.41, 5.74) is 1.57. The Morgan fingerprint density at radius 3 is 2.60 bits per heavy atom. The molecule has 9 heteroatoms. The first-order chi connectivity index (χ1) is 20.7. The molecular formula is C34H46N2O7. The van der Waals surface area contributed by atoms with Crippen molar-refractivity contribution in [3.63, 3.8) is 0 Å². The topological polar surface area (TPSA) is 125 Å². The number of hydrogen-bond donors (Lipinski definition) is 3. The maximum Gasteiger partial charge on any atom is 0.247 e. The van der Waals surface area contributed by atoms with Crippen molar-refractivity contribution in [3.05, 3.63) is 34.9 Å². The second-order valence-corrected chi connectivity index (χ2v) is 14.0. The summed E-state index contributed by atoms with van der Waals surface area (Å²) >= 11 is 0. The first-order valence-corrected chi connectivity index (χ1v) is 16.1. The minimum atomic E-state index is -1.10. The van der Waals surface area contributed by atoms with Crippen LogP contribution < -0.4 is 14.8 Å². The van der Waals surface area contributed by atoms with E-state index in [0.29, 0.717) is 65.2 Å². The minimum Gasteiger partial charge on any atom is -0.493 e. The van der Waals surface area contributed by atoms with Crippen LogP contribution in [-0.4, -0.2) is 78.3 Å². The zero-order valence-electron chi connectivity index (χ0n) is 25.6. The highest BCUT2D eigenvalue weighted by Crippen LogP contribution is 2.61. The van der Waals surface area contributed by atoms with E-state index >= 15 is 0 Å². The number of aliphatic hydroxyl groups excluding tert-OH is 2. The smallest absolute Gasteiger partial charge is 0.247 e. The van der Waals surface area contributed by atoms with Gasteiger partial charge in [0, 0.05) is 36.2 Å². The zero-order valence-corrected chi connectivity index (χ0v) is 25.6. The fourth-order valence-electron chi connectivity index (χ4n) is 8.96. The molecule has 0 saturated heterocycles. The van der Waals surface area contributed by atoms with E-state index in [1.165, 1.54) is 13.5 Å². The van der Waals surface area contributed by atoms with Crippen LogP contribution in [0.3, 0.4) is 0 Å². The molecule has 1 aliphatic heterocycles. The Bertz CT molecular complexity index is 1280. The van der Waals surface area contributed by atoms with Crippen molar-refractivity contribution in [2.45, 2.75) is 89.4 Å². The van der Waals surface area contributed by atoms with Crippen molar-refractivity contribution in [3.8, 4) is 11.5 Å². The van der Waals surface area contributed by atoms with Gasteiger partial charge in [0.25, 0.3) is 0 Å². The van der Waals surface area contributed by atoms with Crippen molar-refractivity contribution >= 4 is 18.1 Å². The number of nitrogens with one attached hydrogen (secondary N) is 1. The van der Waals surface area contributed by atoms with Crippen LogP contribution in [0.25, 0.3) is 0 Å². The second-order valence-electron chi connectivity index (χ2n) is 14.0. The van der Waals surface area contributed by atoms with E-state index < -0.39 is 30.1 Å². The summed E-state index contributed by atoms with van der Waals surface area (Å²) in [6.07, 6.45) is 8.71. The van der Waals surface area contributed by atoms with Gasteiger partial charge in [-0.25, -0.2) is 0 Å². The van der Waals surface area contributed by atoms with Gasteiger partial charge in [-0.3, -0.25) is 14.4 Å². The summed E-state index contributed by atoms with van der Waals surface area (Å²) in [4.78, 5) is 41.5. The van der Waals surface area contributed by atoms with E-state index in [-0.39, 0.29) is 24.5 Å². The number of aliphatic hydroxyl groups is 2. The van der Waals surface area contributed by atoms with Crippen molar-refractivity contribution in [2.24, 2.45) is 29.1 Å². The number of ether oxygens (including phenoxy) is 2. The average Bonchev–Trinajstić information content (AvgIpc) is 3.67. The number of rotatable bonds is 10. The van der Waals surface area contributed by atoms with Crippen molar-refractivity contribution in [1.29, 1.82) is 0 Å². The summed E-state index contributed by atoms with van der Waals surface area (Å²) in [5, 5.41) is 24.2. The predicted molar refractivity (Wildman–Crippen MR) is 160 cm³/mol. The highest BCUT2D eigenvalue weighted by atomic mass is 16.5. The molecule has 0 radical (unpaired) electrons. The lowest BCUT2D eigenvalue weighted by Crippen LogP contribution is -2.59. The van der Waals surface area contributed by atoms with Gasteiger partial charge in [-0.1, -0.05) is 26.7 Å². The van der Waals surface area contributed by atoms with E-state index in [2.05, 4.69) is 19.2 Å². The Morgan fingerprint density at radius 1 is 1.19 bits per heavy atom. The van der Waals surface area contributed by atoms with Gasteiger partial charge in [0.1, 0.15) is 18.5 Å². The van der Waals surface area contributed by atoms with Gasteiger partial charge in [-0.2, -0.15) is 0 Å². The molecule has 6 aliphatic rings. The molecule has 5 aliphatic carbocycles. The molecular weight excluding hydrogens is 548 g/mol. The van der Waals surface area contributed by atoms with Crippen molar-refractivity contribution in [1.82, 2.24) is 10.2 Å². The summed E-state index contributed by atoms with van der Waals surface area (Å²) in [6, 6.07) is 2.50. The number of fused-ring (bicyclic) bond motifs is 5. The molecule has 7 rings (SSSR count). The van der Waals surface area contributed by atoms with Gasteiger partial charge in [0.15, 0.2) is 11.5 Å². The first kappa shape index (κ1) is 30.1.